The van der Waals surface area contributed by atoms with Crippen LogP contribution < -0.4 is 10.2 Å². The maximum atomic E-state index is 12.7. The van der Waals surface area contributed by atoms with Gasteiger partial charge in [-0.05, 0) is 36.4 Å². The van der Waals surface area contributed by atoms with Gasteiger partial charge in [-0.3, -0.25) is 4.79 Å². The van der Waals surface area contributed by atoms with E-state index in [1.54, 1.807) is 24.3 Å². The molecule has 1 aliphatic rings. The first-order valence-corrected chi connectivity index (χ1v) is 12.7. The monoisotopic (exact) mass is 456 g/mol. The van der Waals surface area contributed by atoms with E-state index in [1.807, 2.05) is 28.5 Å². The molecule has 1 aromatic heterocycles. The van der Waals surface area contributed by atoms with Crippen molar-refractivity contribution in [1.29, 1.82) is 0 Å². The van der Waals surface area contributed by atoms with E-state index in [2.05, 4.69) is 27.3 Å². The number of para-hydroxylation sites is 1. The number of hydrogen-bond acceptors (Lipinski definition) is 7. The Bertz CT molecular complexity index is 1140. The van der Waals surface area contributed by atoms with E-state index in [1.165, 1.54) is 23.3 Å². The highest BCUT2D eigenvalue weighted by atomic mass is 32.2. The predicted molar refractivity (Wildman–Crippen MR) is 124 cm³/mol. The van der Waals surface area contributed by atoms with Crippen LogP contribution in [-0.2, 0) is 21.1 Å². The summed E-state index contributed by atoms with van der Waals surface area (Å²) in [6, 6.07) is 16.8. The number of amides is 1. The second-order valence-electron chi connectivity index (χ2n) is 7.45. The molecule has 0 spiro atoms. The van der Waals surface area contributed by atoms with Crippen LogP contribution in [-0.4, -0.2) is 56.6 Å². The number of anilines is 3. The van der Waals surface area contributed by atoms with Crippen LogP contribution in [0.2, 0.25) is 0 Å². The normalized spacial score (nSPS) is 14.5. The Labute approximate surface area is 186 Å². The third-order valence-corrected chi connectivity index (χ3v) is 7.11. The lowest BCUT2D eigenvalue weighted by atomic mass is 10.2. The quantitative estimate of drug-likeness (QED) is 0.614. The number of piperazine rings is 1. The maximum absolute atomic E-state index is 12.7. The van der Waals surface area contributed by atoms with Crippen LogP contribution in [0.1, 0.15) is 5.69 Å². The Morgan fingerprint density at radius 3 is 2.35 bits per heavy atom. The van der Waals surface area contributed by atoms with Crippen molar-refractivity contribution in [3.63, 3.8) is 0 Å². The lowest BCUT2D eigenvalue weighted by molar-refractivity contribution is -0.130. The molecule has 1 aliphatic heterocycles. The number of rotatable bonds is 6. The van der Waals surface area contributed by atoms with Gasteiger partial charge in [-0.15, -0.1) is 11.3 Å². The zero-order valence-corrected chi connectivity index (χ0v) is 18.8. The molecule has 7 nitrogen and oxygen atoms in total. The van der Waals surface area contributed by atoms with Gasteiger partial charge in [0.15, 0.2) is 15.0 Å². The van der Waals surface area contributed by atoms with Gasteiger partial charge in [0, 0.05) is 49.2 Å². The van der Waals surface area contributed by atoms with Gasteiger partial charge in [0.25, 0.3) is 0 Å². The lowest BCUT2D eigenvalue weighted by Gasteiger charge is -2.36. The molecule has 0 aliphatic carbocycles. The van der Waals surface area contributed by atoms with Crippen LogP contribution in [0.5, 0.6) is 0 Å². The van der Waals surface area contributed by atoms with Crippen molar-refractivity contribution in [3.05, 3.63) is 65.7 Å². The van der Waals surface area contributed by atoms with Crippen LogP contribution in [0.15, 0.2) is 64.9 Å². The molecular formula is C22H24N4O3S2. The highest BCUT2D eigenvalue weighted by Gasteiger charge is 2.22. The number of carbonyl (C=O) groups is 1. The molecule has 4 rings (SSSR count). The minimum absolute atomic E-state index is 0.0852. The molecule has 1 amide bonds. The Balaban J connectivity index is 1.30. The molecular weight excluding hydrogens is 432 g/mol. The van der Waals surface area contributed by atoms with E-state index >= 15 is 0 Å². The van der Waals surface area contributed by atoms with Gasteiger partial charge in [-0.25, -0.2) is 13.4 Å². The number of nitrogens with zero attached hydrogens (tertiary/aromatic N) is 3. The van der Waals surface area contributed by atoms with Crippen molar-refractivity contribution < 1.29 is 13.2 Å². The standard InChI is InChI=1S/C22H24N4O3S2/c1-31(28,29)20-9-7-17(8-10-20)23-22-24-18(16-30-22)15-21(27)26-13-11-25(12-14-26)19-5-3-2-4-6-19/h2-10,16H,11-15H2,1H3,(H,23,24). The summed E-state index contributed by atoms with van der Waals surface area (Å²) in [6.45, 7) is 3.05. The van der Waals surface area contributed by atoms with Crippen molar-refractivity contribution in [2.24, 2.45) is 0 Å². The largest absolute Gasteiger partial charge is 0.368 e. The molecule has 2 aromatic carbocycles. The summed E-state index contributed by atoms with van der Waals surface area (Å²) in [5.74, 6) is 0.0852. The van der Waals surface area contributed by atoms with E-state index in [-0.39, 0.29) is 17.2 Å². The summed E-state index contributed by atoms with van der Waals surface area (Å²) >= 11 is 1.42. The van der Waals surface area contributed by atoms with Gasteiger partial charge in [0.2, 0.25) is 5.91 Å². The van der Waals surface area contributed by atoms with Crippen LogP contribution in [0.3, 0.4) is 0 Å². The van der Waals surface area contributed by atoms with Gasteiger partial charge in [-0.1, -0.05) is 18.2 Å². The van der Waals surface area contributed by atoms with Gasteiger partial charge in [-0.2, -0.15) is 0 Å². The van der Waals surface area contributed by atoms with Crippen molar-refractivity contribution in [1.82, 2.24) is 9.88 Å². The molecule has 3 aromatic rings. The minimum Gasteiger partial charge on any atom is -0.368 e. The molecule has 0 saturated carbocycles. The van der Waals surface area contributed by atoms with Crippen LogP contribution in [0, 0.1) is 0 Å². The molecule has 2 heterocycles. The minimum atomic E-state index is -3.22. The van der Waals surface area contributed by atoms with Crippen LogP contribution in [0.4, 0.5) is 16.5 Å². The van der Waals surface area contributed by atoms with Crippen LogP contribution >= 0.6 is 11.3 Å². The summed E-state index contributed by atoms with van der Waals surface area (Å²) in [5.41, 5.74) is 2.67. The van der Waals surface area contributed by atoms with E-state index in [9.17, 15) is 13.2 Å². The Hall–Kier alpha value is -2.91. The van der Waals surface area contributed by atoms with E-state index in [4.69, 9.17) is 0 Å². The summed E-state index contributed by atoms with van der Waals surface area (Å²) < 4.78 is 23.1. The highest BCUT2D eigenvalue weighted by molar-refractivity contribution is 7.90. The molecule has 1 fully saturated rings. The summed E-state index contributed by atoms with van der Waals surface area (Å²) in [7, 11) is -3.22. The van der Waals surface area contributed by atoms with Crippen molar-refractivity contribution in [3.8, 4) is 0 Å². The Morgan fingerprint density at radius 2 is 1.71 bits per heavy atom. The van der Waals surface area contributed by atoms with E-state index in [0.717, 1.165) is 24.5 Å². The molecule has 0 unspecified atom stereocenters. The van der Waals surface area contributed by atoms with Crippen molar-refractivity contribution >= 4 is 43.6 Å². The molecule has 31 heavy (non-hydrogen) atoms. The number of aromatic nitrogens is 1. The number of thiazole rings is 1. The second-order valence-corrected chi connectivity index (χ2v) is 10.3. The third-order valence-electron chi connectivity index (χ3n) is 5.17. The molecule has 1 N–H and O–H groups in total. The maximum Gasteiger partial charge on any atom is 0.228 e. The summed E-state index contributed by atoms with van der Waals surface area (Å²) in [6.07, 6.45) is 1.46. The first-order valence-electron chi connectivity index (χ1n) is 9.98. The fourth-order valence-electron chi connectivity index (χ4n) is 3.47. The average Bonchev–Trinajstić information content (AvgIpc) is 3.21. The van der Waals surface area contributed by atoms with Gasteiger partial charge >= 0.3 is 0 Å². The van der Waals surface area contributed by atoms with Crippen molar-refractivity contribution in [2.45, 2.75) is 11.3 Å². The number of carbonyl (C=O) groups excluding carboxylic acids is 1. The van der Waals surface area contributed by atoms with Gasteiger partial charge < -0.3 is 15.1 Å². The number of sulfone groups is 1. The van der Waals surface area contributed by atoms with Gasteiger partial charge in [0.1, 0.15) is 0 Å². The molecule has 0 bridgehead atoms. The third kappa shape index (κ3) is 5.42. The van der Waals surface area contributed by atoms with Crippen molar-refractivity contribution in [2.75, 3.05) is 42.7 Å². The van der Waals surface area contributed by atoms with E-state index in [0.29, 0.717) is 18.2 Å². The highest BCUT2D eigenvalue weighted by Crippen LogP contribution is 2.23. The average molecular weight is 457 g/mol. The lowest BCUT2D eigenvalue weighted by Crippen LogP contribution is -2.49. The zero-order chi connectivity index (χ0) is 21.8. The Morgan fingerprint density at radius 1 is 1.03 bits per heavy atom. The zero-order valence-electron chi connectivity index (χ0n) is 17.2. The Kier molecular flexibility index (Phi) is 6.24. The second kappa shape index (κ2) is 9.07. The first-order chi connectivity index (χ1) is 14.9. The number of benzene rings is 2. The molecule has 9 heteroatoms. The SMILES string of the molecule is CS(=O)(=O)c1ccc(Nc2nc(CC(=O)N3CCN(c4ccccc4)CC3)cs2)cc1. The summed E-state index contributed by atoms with van der Waals surface area (Å²) in [4.78, 5) is 21.7. The fraction of sp³-hybridized carbons (Fsp3) is 0.273. The molecule has 1 saturated heterocycles. The molecule has 0 radical (unpaired) electrons. The molecule has 162 valence electrons. The smallest absolute Gasteiger partial charge is 0.228 e. The van der Waals surface area contributed by atoms with Crippen LogP contribution in [0.25, 0.3) is 0 Å². The molecule has 0 atom stereocenters. The topological polar surface area (TPSA) is 82.6 Å². The fourth-order valence-corrected chi connectivity index (χ4v) is 4.84. The number of nitrogens with one attached hydrogen (secondary N) is 1. The van der Waals surface area contributed by atoms with E-state index < -0.39 is 9.84 Å². The predicted octanol–water partition coefficient (Wildman–Crippen LogP) is 3.18. The first kappa shape index (κ1) is 21.3. The number of hydrogen-bond donors (Lipinski definition) is 1. The van der Waals surface area contributed by atoms with Gasteiger partial charge in [0.05, 0.1) is 17.0 Å². The summed E-state index contributed by atoms with van der Waals surface area (Å²) in [5, 5.41) is 5.71.